The first kappa shape index (κ1) is 26.1. The predicted molar refractivity (Wildman–Crippen MR) is 132 cm³/mol. The van der Waals surface area contributed by atoms with Crippen LogP contribution in [0.5, 0.6) is 0 Å². The number of aliphatic carboxylic acids is 1. The number of hydrogen-bond acceptors (Lipinski definition) is 14. The Balaban J connectivity index is 1.43. The topological polar surface area (TPSA) is 217 Å². The molecule has 36 heavy (non-hydrogen) atoms. The fourth-order valence-electron chi connectivity index (χ4n) is 3.48. The van der Waals surface area contributed by atoms with E-state index in [2.05, 4.69) is 31.0 Å². The maximum Gasteiger partial charge on any atom is 0.313 e. The van der Waals surface area contributed by atoms with Crippen molar-refractivity contribution in [1.29, 1.82) is 0 Å². The van der Waals surface area contributed by atoms with Gasteiger partial charge in [-0.1, -0.05) is 16.9 Å². The number of carbonyl (C=O) groups is 3. The number of nitrogens with two attached hydrogens (primary N) is 2. The predicted octanol–water partition coefficient (Wildman–Crippen LogP) is -1.42. The molecule has 2 aliphatic heterocycles. The number of carboxylic acid groups (broad SMARTS) is 1. The monoisotopic (exact) mass is 556 g/mol. The third-order valence-electron chi connectivity index (χ3n) is 5.42. The number of carboxylic acids is 1. The summed E-state index contributed by atoms with van der Waals surface area (Å²) < 4.78 is 1.45. The number of nitrogens with one attached hydrogen (secondary N) is 1. The number of hydrogen-bond donors (Lipinski definition) is 4. The van der Waals surface area contributed by atoms with Crippen LogP contribution in [0.2, 0.25) is 0 Å². The second-order valence-corrected chi connectivity index (χ2v) is 11.3. The molecule has 194 valence electrons. The first-order chi connectivity index (χ1) is 17.1. The number of nitrogen functional groups attached to an aromatic ring is 1. The number of amides is 2. The van der Waals surface area contributed by atoms with Crippen molar-refractivity contribution in [2.24, 2.45) is 23.4 Å². The minimum absolute atomic E-state index is 0.00451. The van der Waals surface area contributed by atoms with Crippen molar-refractivity contribution in [3.05, 3.63) is 11.1 Å². The van der Waals surface area contributed by atoms with E-state index in [0.29, 0.717) is 5.16 Å². The number of rotatable bonds is 10. The van der Waals surface area contributed by atoms with Crippen molar-refractivity contribution < 1.29 is 24.3 Å². The molecule has 15 nitrogen and oxygen atoms in total. The number of anilines is 1. The largest absolute Gasteiger partial charge is 0.481 e. The van der Waals surface area contributed by atoms with Crippen LogP contribution in [0, 0.1) is 5.41 Å². The quantitative estimate of drug-likeness (QED) is 0.114. The van der Waals surface area contributed by atoms with E-state index < -0.39 is 28.7 Å². The first-order valence-electron chi connectivity index (χ1n) is 10.6. The lowest BCUT2D eigenvalue weighted by Crippen LogP contribution is -2.74. The number of aromatic nitrogens is 5. The van der Waals surface area contributed by atoms with Crippen LogP contribution in [0.3, 0.4) is 0 Å². The lowest BCUT2D eigenvalue weighted by atomic mass is 9.89. The van der Waals surface area contributed by atoms with Gasteiger partial charge in [-0.15, -0.1) is 28.2 Å². The zero-order valence-corrected chi connectivity index (χ0v) is 21.7. The minimum Gasteiger partial charge on any atom is -0.481 e. The van der Waals surface area contributed by atoms with Crippen LogP contribution in [-0.2, 0) is 26.3 Å². The summed E-state index contributed by atoms with van der Waals surface area (Å²) >= 11 is 3.63. The van der Waals surface area contributed by atoms with Gasteiger partial charge < -0.3 is 31.6 Å². The fraction of sp³-hybridized carbons (Fsp3) is 0.556. The third-order valence-corrected chi connectivity index (χ3v) is 8.98. The molecule has 4 rings (SSSR count). The molecule has 2 fully saturated rings. The molecule has 0 saturated carbocycles. The van der Waals surface area contributed by atoms with Gasteiger partial charge in [-0.3, -0.25) is 14.4 Å². The first-order valence-corrected chi connectivity index (χ1v) is 13.5. The number of tetrazole rings is 1. The van der Waals surface area contributed by atoms with E-state index >= 15 is 0 Å². The average Bonchev–Trinajstić information content (AvgIpc) is 3.45. The summed E-state index contributed by atoms with van der Waals surface area (Å²) in [5.41, 5.74) is 10.2. The molecule has 2 saturated heterocycles. The minimum atomic E-state index is -1.19. The molecular weight excluding hydrogens is 532 g/mol. The van der Waals surface area contributed by atoms with Crippen molar-refractivity contribution in [1.82, 2.24) is 35.4 Å². The Kier molecular flexibility index (Phi) is 7.67. The lowest BCUT2D eigenvalue weighted by molar-refractivity contribution is -0.157. The molecule has 0 radical (unpaired) electrons. The summed E-state index contributed by atoms with van der Waals surface area (Å²) in [7, 11) is 1.66. The highest BCUT2D eigenvalue weighted by Crippen LogP contribution is 2.44. The molecular formula is C18H24N10O5S3. The smallest absolute Gasteiger partial charge is 0.313 e. The number of aryl methyl sites for hydroxylation is 1. The molecule has 0 spiro atoms. The standard InChI is InChI=1S/C18H24N10O5S3/c1-8(19)3-33-24-10(9-4-34-16(20)21-9)12(29)22-11-13(30)28-5-18(15(31)32,6-35-14(11)28)7-36-17-23-25-26-27(17)2/h4,8,11,14H,3,5-7,19H2,1-2H3,(H2,20,21)(H,22,29)(H,31,32)/t8?,11?,14-,18?/m1/s1. The van der Waals surface area contributed by atoms with Crippen molar-refractivity contribution in [3.8, 4) is 0 Å². The van der Waals surface area contributed by atoms with Gasteiger partial charge in [0.1, 0.15) is 29.1 Å². The van der Waals surface area contributed by atoms with Crippen LogP contribution in [0.15, 0.2) is 15.7 Å². The molecule has 4 atom stereocenters. The summed E-state index contributed by atoms with van der Waals surface area (Å²) in [6, 6.07) is -1.16. The summed E-state index contributed by atoms with van der Waals surface area (Å²) in [5, 5.41) is 29.6. The highest BCUT2D eigenvalue weighted by atomic mass is 32.2. The second-order valence-electron chi connectivity index (χ2n) is 8.36. The van der Waals surface area contributed by atoms with Gasteiger partial charge in [0.15, 0.2) is 10.8 Å². The third kappa shape index (κ3) is 5.25. The fourth-order valence-corrected chi connectivity index (χ4v) is 6.74. The van der Waals surface area contributed by atoms with Gasteiger partial charge in [-0.25, -0.2) is 9.67 Å². The van der Waals surface area contributed by atoms with Gasteiger partial charge in [0.25, 0.3) is 5.91 Å². The second kappa shape index (κ2) is 10.6. The van der Waals surface area contributed by atoms with Crippen LogP contribution in [0.1, 0.15) is 12.6 Å². The molecule has 0 aliphatic carbocycles. The highest BCUT2D eigenvalue weighted by Gasteiger charge is 2.57. The zero-order chi connectivity index (χ0) is 26.0. The maximum atomic E-state index is 13.0. The summed E-state index contributed by atoms with van der Waals surface area (Å²) in [4.78, 5) is 48.9. The van der Waals surface area contributed by atoms with Gasteiger partial charge in [-0.2, -0.15) is 0 Å². The van der Waals surface area contributed by atoms with Crippen molar-refractivity contribution in [3.63, 3.8) is 0 Å². The van der Waals surface area contributed by atoms with Gasteiger partial charge in [0, 0.05) is 36.5 Å². The lowest BCUT2D eigenvalue weighted by Gasteiger charge is -2.53. The number of nitrogens with zero attached hydrogens (tertiary/aromatic N) is 7. The Morgan fingerprint density at radius 1 is 1.50 bits per heavy atom. The van der Waals surface area contributed by atoms with E-state index in [4.69, 9.17) is 16.3 Å². The average molecular weight is 557 g/mol. The van der Waals surface area contributed by atoms with Crippen LogP contribution in [0.25, 0.3) is 0 Å². The highest BCUT2D eigenvalue weighted by molar-refractivity contribution is 8.00. The molecule has 18 heteroatoms. The van der Waals surface area contributed by atoms with E-state index in [0.717, 1.165) is 11.3 Å². The van der Waals surface area contributed by atoms with Crippen LogP contribution >= 0.6 is 34.9 Å². The Hall–Kier alpha value is -2.96. The van der Waals surface area contributed by atoms with Gasteiger partial charge >= 0.3 is 5.97 Å². The van der Waals surface area contributed by atoms with Crippen LogP contribution < -0.4 is 16.8 Å². The Labute approximate surface area is 217 Å². The van der Waals surface area contributed by atoms with E-state index in [-0.39, 0.29) is 53.1 Å². The van der Waals surface area contributed by atoms with Gasteiger partial charge in [0.2, 0.25) is 11.1 Å². The molecule has 0 aromatic carbocycles. The molecule has 2 amide bonds. The maximum absolute atomic E-state index is 13.0. The van der Waals surface area contributed by atoms with Crippen LogP contribution in [0.4, 0.5) is 5.13 Å². The Morgan fingerprint density at radius 2 is 2.28 bits per heavy atom. The number of carbonyl (C=O) groups excluding carboxylic acids is 2. The summed E-state index contributed by atoms with van der Waals surface area (Å²) in [6.07, 6.45) is 0. The molecule has 2 aromatic rings. The SMILES string of the molecule is CC(N)CON=C(C(=O)NC1C(=O)N2CC(CSc3nnnn3C)(C(=O)O)CS[C@H]12)c1csc(N)n1. The summed E-state index contributed by atoms with van der Waals surface area (Å²) in [6.45, 7) is 1.80. The van der Waals surface area contributed by atoms with Crippen molar-refractivity contribution in [2.75, 3.05) is 30.4 Å². The van der Waals surface area contributed by atoms with Crippen LogP contribution in [-0.4, -0.2) is 101 Å². The van der Waals surface area contributed by atoms with Gasteiger partial charge in [0.05, 0.1) is 0 Å². The van der Waals surface area contributed by atoms with E-state index in [1.807, 2.05) is 0 Å². The number of fused-ring (bicyclic) bond motifs is 1. The van der Waals surface area contributed by atoms with Gasteiger partial charge in [-0.05, 0) is 17.4 Å². The number of thiazole rings is 1. The molecule has 0 bridgehead atoms. The van der Waals surface area contributed by atoms with E-state index in [1.54, 1.807) is 19.4 Å². The number of β-lactam (4-membered cyclic amide) rings is 1. The Morgan fingerprint density at radius 3 is 2.89 bits per heavy atom. The number of oxime groups is 1. The molecule has 4 heterocycles. The molecule has 2 aliphatic rings. The molecule has 3 unspecified atom stereocenters. The zero-order valence-electron chi connectivity index (χ0n) is 19.2. The van der Waals surface area contributed by atoms with Crippen molar-refractivity contribution >= 4 is 63.5 Å². The number of thioether (sulfide) groups is 2. The molecule has 2 aromatic heterocycles. The molecule has 6 N–H and O–H groups in total. The normalized spacial score (nSPS) is 24.6. The van der Waals surface area contributed by atoms with Crippen molar-refractivity contribution in [2.45, 2.75) is 29.5 Å². The Bertz CT molecular complexity index is 1190. The van der Waals surface area contributed by atoms with E-state index in [9.17, 15) is 19.5 Å². The van der Waals surface area contributed by atoms with E-state index in [1.165, 1.54) is 33.1 Å². The summed E-state index contributed by atoms with van der Waals surface area (Å²) in [5.74, 6) is -1.65.